The lowest BCUT2D eigenvalue weighted by Gasteiger charge is -2.16. The fourth-order valence-corrected chi connectivity index (χ4v) is 1.02. The van der Waals surface area contributed by atoms with Crippen LogP contribution in [0.5, 0.6) is 0 Å². The molecule has 1 amide bonds. The van der Waals surface area contributed by atoms with Crippen LogP contribution in [0, 0.1) is 0 Å². The molecule has 1 aliphatic rings. The van der Waals surface area contributed by atoms with E-state index in [0.717, 1.165) is 0 Å². The fraction of sp³-hybridized carbons (Fsp3) is 0.667. The minimum atomic E-state index is -1.15. The smallest absolute Gasteiger partial charge is 0.328 e. The van der Waals surface area contributed by atoms with Gasteiger partial charge in [-0.25, -0.2) is 4.79 Å². The topological polar surface area (TPSA) is 81.4 Å². The molecular formula is C6H10N2O3. The molecule has 1 heterocycles. The second-order valence-electron chi connectivity index (χ2n) is 2.60. The number of carbonyl (C=O) groups excluding carboxylic acids is 2. The van der Waals surface area contributed by atoms with Crippen LogP contribution in [0.4, 0.5) is 0 Å². The third-order valence-corrected chi connectivity index (χ3v) is 1.67. The summed E-state index contributed by atoms with van der Waals surface area (Å²) in [4.78, 5) is 21.6. The van der Waals surface area contributed by atoms with Gasteiger partial charge in [-0.05, 0) is 0 Å². The van der Waals surface area contributed by atoms with Crippen LogP contribution in [0.25, 0.3) is 0 Å². The summed E-state index contributed by atoms with van der Waals surface area (Å²) in [5.74, 6) is -0.756. The van der Waals surface area contributed by atoms with Crippen LogP contribution in [-0.2, 0) is 14.3 Å². The molecule has 1 rings (SSSR count). The van der Waals surface area contributed by atoms with Crippen LogP contribution >= 0.6 is 0 Å². The van der Waals surface area contributed by atoms with Crippen LogP contribution in [0.1, 0.15) is 6.42 Å². The van der Waals surface area contributed by atoms with Crippen molar-refractivity contribution < 1.29 is 14.3 Å². The van der Waals surface area contributed by atoms with E-state index < -0.39 is 11.5 Å². The number of hydrogen-bond acceptors (Lipinski definition) is 4. The first-order valence-corrected chi connectivity index (χ1v) is 3.22. The average molecular weight is 158 g/mol. The van der Waals surface area contributed by atoms with Crippen molar-refractivity contribution in [1.82, 2.24) is 5.32 Å². The Kier molecular flexibility index (Phi) is 1.82. The van der Waals surface area contributed by atoms with Crippen molar-refractivity contribution in [1.29, 1.82) is 0 Å². The first kappa shape index (κ1) is 8.00. The lowest BCUT2D eigenvalue weighted by Crippen LogP contribution is -2.50. The predicted molar refractivity (Wildman–Crippen MR) is 36.6 cm³/mol. The minimum absolute atomic E-state index is 0.0136. The molecule has 0 aromatic rings. The number of nitrogens with two attached hydrogens (primary N) is 1. The summed E-state index contributed by atoms with van der Waals surface area (Å²) in [6.07, 6.45) is 0.0136. The molecule has 0 radical (unpaired) electrons. The number of esters is 1. The van der Waals surface area contributed by atoms with Crippen molar-refractivity contribution in [3.8, 4) is 0 Å². The zero-order chi connectivity index (χ0) is 8.48. The van der Waals surface area contributed by atoms with Gasteiger partial charge in [0, 0.05) is 6.54 Å². The van der Waals surface area contributed by atoms with Gasteiger partial charge in [0.05, 0.1) is 13.5 Å². The zero-order valence-electron chi connectivity index (χ0n) is 6.22. The van der Waals surface area contributed by atoms with E-state index in [-0.39, 0.29) is 18.9 Å². The van der Waals surface area contributed by atoms with Crippen molar-refractivity contribution in [2.24, 2.45) is 5.73 Å². The molecule has 5 heteroatoms. The first-order chi connectivity index (χ1) is 5.08. The molecule has 1 saturated heterocycles. The Morgan fingerprint density at radius 3 is 2.82 bits per heavy atom. The Balaban J connectivity index is 2.69. The molecule has 1 aliphatic heterocycles. The maximum absolute atomic E-state index is 10.9. The van der Waals surface area contributed by atoms with Gasteiger partial charge >= 0.3 is 5.97 Å². The molecule has 0 spiro atoms. The summed E-state index contributed by atoms with van der Waals surface area (Å²) in [6.45, 7) is 0.165. The molecule has 3 N–H and O–H groups in total. The molecule has 0 bridgehead atoms. The number of methoxy groups -OCH3 is 1. The van der Waals surface area contributed by atoms with E-state index in [1.54, 1.807) is 0 Å². The van der Waals surface area contributed by atoms with Gasteiger partial charge in [-0.2, -0.15) is 0 Å². The number of hydrogen-bond donors (Lipinski definition) is 2. The molecule has 1 fully saturated rings. The number of amides is 1. The van der Waals surface area contributed by atoms with Crippen LogP contribution in [-0.4, -0.2) is 31.1 Å². The van der Waals surface area contributed by atoms with Crippen LogP contribution in [0.3, 0.4) is 0 Å². The number of nitrogens with one attached hydrogen (secondary N) is 1. The zero-order valence-corrected chi connectivity index (χ0v) is 6.22. The second kappa shape index (κ2) is 2.50. The van der Waals surface area contributed by atoms with E-state index in [2.05, 4.69) is 10.1 Å². The predicted octanol–water partition coefficient (Wildman–Crippen LogP) is -1.62. The highest BCUT2D eigenvalue weighted by molar-refractivity contribution is 5.92. The van der Waals surface area contributed by atoms with E-state index in [1.807, 2.05) is 0 Å². The SMILES string of the molecule is COC(=O)C1(N)CNC(=O)C1. The molecule has 5 nitrogen and oxygen atoms in total. The van der Waals surface area contributed by atoms with E-state index in [9.17, 15) is 9.59 Å². The quantitative estimate of drug-likeness (QED) is 0.449. The summed E-state index contributed by atoms with van der Waals surface area (Å²) >= 11 is 0. The lowest BCUT2D eigenvalue weighted by molar-refractivity contribution is -0.146. The van der Waals surface area contributed by atoms with E-state index in [4.69, 9.17) is 5.73 Å². The molecule has 11 heavy (non-hydrogen) atoms. The lowest BCUT2D eigenvalue weighted by atomic mass is 10.0. The van der Waals surface area contributed by atoms with Crippen LogP contribution in [0.15, 0.2) is 0 Å². The van der Waals surface area contributed by atoms with Gasteiger partial charge in [-0.15, -0.1) is 0 Å². The normalized spacial score (nSPS) is 29.8. The van der Waals surface area contributed by atoms with Gasteiger partial charge in [-0.3, -0.25) is 4.79 Å². The Labute approximate surface area is 63.9 Å². The van der Waals surface area contributed by atoms with Gasteiger partial charge in [0.15, 0.2) is 0 Å². The maximum atomic E-state index is 10.9. The first-order valence-electron chi connectivity index (χ1n) is 3.22. The third-order valence-electron chi connectivity index (χ3n) is 1.67. The summed E-state index contributed by atoms with van der Waals surface area (Å²) in [7, 11) is 1.25. The van der Waals surface area contributed by atoms with E-state index in [0.29, 0.717) is 0 Å². The third kappa shape index (κ3) is 1.32. The fourth-order valence-electron chi connectivity index (χ4n) is 1.02. The summed E-state index contributed by atoms with van der Waals surface area (Å²) in [6, 6.07) is 0. The number of ether oxygens (including phenoxy) is 1. The van der Waals surface area contributed by atoms with Gasteiger partial charge in [-0.1, -0.05) is 0 Å². The van der Waals surface area contributed by atoms with Crippen LogP contribution in [0.2, 0.25) is 0 Å². The molecule has 1 unspecified atom stereocenters. The van der Waals surface area contributed by atoms with E-state index in [1.165, 1.54) is 7.11 Å². The Morgan fingerprint density at radius 2 is 2.45 bits per heavy atom. The minimum Gasteiger partial charge on any atom is -0.468 e. The van der Waals surface area contributed by atoms with Crippen LogP contribution < -0.4 is 11.1 Å². The monoisotopic (exact) mass is 158 g/mol. The van der Waals surface area contributed by atoms with Crippen molar-refractivity contribution in [2.75, 3.05) is 13.7 Å². The highest BCUT2D eigenvalue weighted by Gasteiger charge is 2.42. The van der Waals surface area contributed by atoms with Gasteiger partial charge in [0.2, 0.25) is 5.91 Å². The Bertz CT molecular complexity index is 204. The van der Waals surface area contributed by atoms with Crippen molar-refractivity contribution in [3.63, 3.8) is 0 Å². The molecule has 0 aromatic carbocycles. The summed E-state index contributed by atoms with van der Waals surface area (Å²) < 4.78 is 4.43. The molecule has 62 valence electrons. The van der Waals surface area contributed by atoms with Crippen molar-refractivity contribution >= 4 is 11.9 Å². The molecular weight excluding hydrogens is 148 g/mol. The van der Waals surface area contributed by atoms with E-state index >= 15 is 0 Å². The Morgan fingerprint density at radius 1 is 1.82 bits per heavy atom. The highest BCUT2D eigenvalue weighted by Crippen LogP contribution is 2.13. The summed E-state index contributed by atoms with van der Waals surface area (Å²) in [5.41, 5.74) is 4.40. The van der Waals surface area contributed by atoms with Gasteiger partial charge < -0.3 is 15.8 Å². The largest absolute Gasteiger partial charge is 0.468 e. The molecule has 0 aliphatic carbocycles. The Hall–Kier alpha value is -1.10. The summed E-state index contributed by atoms with van der Waals surface area (Å²) in [5, 5.41) is 2.46. The molecule has 1 atom stereocenters. The maximum Gasteiger partial charge on any atom is 0.328 e. The van der Waals surface area contributed by atoms with Crippen molar-refractivity contribution in [3.05, 3.63) is 0 Å². The average Bonchev–Trinajstić information content (AvgIpc) is 2.31. The van der Waals surface area contributed by atoms with Gasteiger partial charge in [0.25, 0.3) is 0 Å². The standard InChI is InChI=1S/C6H10N2O3/c1-11-5(10)6(7)2-4(9)8-3-6/h2-3,7H2,1H3,(H,8,9). The molecule has 0 saturated carbocycles. The number of rotatable bonds is 1. The second-order valence-corrected chi connectivity index (χ2v) is 2.60. The number of carbonyl (C=O) groups is 2. The molecule has 0 aromatic heterocycles. The highest BCUT2D eigenvalue weighted by atomic mass is 16.5. The van der Waals surface area contributed by atoms with Gasteiger partial charge in [0.1, 0.15) is 5.54 Å². The van der Waals surface area contributed by atoms with Crippen molar-refractivity contribution in [2.45, 2.75) is 12.0 Å².